The van der Waals surface area contributed by atoms with Crippen LogP contribution in [0.3, 0.4) is 0 Å². The van der Waals surface area contributed by atoms with Crippen LogP contribution in [0.15, 0.2) is 50.2 Å². The first-order valence-electron chi connectivity index (χ1n) is 13.9. The minimum atomic E-state index is -4.58. The number of halogens is 4. The number of aromatic amines is 1. The lowest BCUT2D eigenvalue weighted by molar-refractivity contribution is -0.144. The van der Waals surface area contributed by atoms with Gasteiger partial charge in [0.1, 0.15) is 16.8 Å². The molecule has 1 spiro atoms. The fourth-order valence-corrected chi connectivity index (χ4v) is 5.80. The summed E-state index contributed by atoms with van der Waals surface area (Å²) in [4.78, 5) is 35.1. The van der Waals surface area contributed by atoms with Crippen LogP contribution in [0.1, 0.15) is 45.4 Å². The molecule has 0 radical (unpaired) electrons. The van der Waals surface area contributed by atoms with Crippen molar-refractivity contribution in [3.63, 3.8) is 0 Å². The number of alkyl halides is 3. The summed E-state index contributed by atoms with van der Waals surface area (Å²) < 4.78 is 51.8. The zero-order valence-corrected chi connectivity index (χ0v) is 25.2. The molecule has 0 amide bonds. The van der Waals surface area contributed by atoms with Gasteiger partial charge < -0.3 is 29.0 Å². The molecular weight excluding hydrogens is 635 g/mol. The average molecular weight is 666 g/mol. The third kappa shape index (κ3) is 6.64. The maximum Gasteiger partial charge on any atom is 0.451 e. The molecule has 43 heavy (non-hydrogen) atoms. The van der Waals surface area contributed by atoms with Gasteiger partial charge in [0.05, 0.1) is 18.2 Å². The Labute approximate surface area is 253 Å². The Bertz CT molecular complexity index is 1680. The largest absolute Gasteiger partial charge is 0.481 e. The smallest absolute Gasteiger partial charge is 0.451 e. The van der Waals surface area contributed by atoms with Crippen LogP contribution in [0, 0.1) is 0 Å². The van der Waals surface area contributed by atoms with E-state index >= 15 is 0 Å². The first-order valence-corrected chi connectivity index (χ1v) is 14.7. The van der Waals surface area contributed by atoms with E-state index in [1.54, 1.807) is 30.5 Å². The molecule has 5 heterocycles. The first kappa shape index (κ1) is 30.8. The molecule has 2 aliphatic heterocycles. The van der Waals surface area contributed by atoms with Gasteiger partial charge in [-0.05, 0) is 66.7 Å². The minimum Gasteiger partial charge on any atom is -0.481 e. The van der Waals surface area contributed by atoms with Crippen molar-refractivity contribution in [2.45, 2.75) is 57.3 Å². The third-order valence-corrected chi connectivity index (χ3v) is 8.17. The van der Waals surface area contributed by atoms with E-state index in [4.69, 9.17) is 19.1 Å². The third-order valence-electron chi connectivity index (χ3n) is 7.71. The highest BCUT2D eigenvalue weighted by Gasteiger charge is 2.53. The molecule has 1 aromatic carbocycles. The van der Waals surface area contributed by atoms with E-state index in [9.17, 15) is 18.0 Å². The van der Waals surface area contributed by atoms with Gasteiger partial charge in [-0.1, -0.05) is 12.1 Å². The number of aromatic nitrogens is 3. The molecule has 3 aromatic heterocycles. The molecular formula is C29H31BrF3N5O5. The number of anilines is 2. The maximum absolute atomic E-state index is 13.1. The molecule has 14 heteroatoms. The van der Waals surface area contributed by atoms with Crippen LogP contribution >= 0.6 is 15.9 Å². The highest BCUT2D eigenvalue weighted by molar-refractivity contribution is 9.10. The number of rotatable bonds is 2. The van der Waals surface area contributed by atoms with Gasteiger partial charge in [-0.15, -0.1) is 0 Å². The number of aliphatic carboxylic acids is 1. The van der Waals surface area contributed by atoms with Crippen LogP contribution in [0.25, 0.3) is 22.1 Å². The van der Waals surface area contributed by atoms with Crippen LogP contribution in [0.5, 0.6) is 0 Å². The predicted molar refractivity (Wildman–Crippen MR) is 159 cm³/mol. The second-order valence-corrected chi connectivity index (χ2v) is 11.6. The van der Waals surface area contributed by atoms with E-state index in [-0.39, 0.29) is 28.5 Å². The summed E-state index contributed by atoms with van der Waals surface area (Å²) in [5, 5.41) is 7.99. The van der Waals surface area contributed by atoms with E-state index in [0.29, 0.717) is 36.2 Å². The van der Waals surface area contributed by atoms with Gasteiger partial charge in [-0.3, -0.25) is 9.59 Å². The van der Waals surface area contributed by atoms with Gasteiger partial charge in [0, 0.05) is 42.6 Å². The zero-order chi connectivity index (χ0) is 30.9. The quantitative estimate of drug-likeness (QED) is 0.266. The lowest BCUT2D eigenvalue weighted by Crippen LogP contribution is -2.52. The van der Waals surface area contributed by atoms with Gasteiger partial charge in [0.15, 0.2) is 11.4 Å². The molecule has 1 atom stereocenters. The number of H-pyrrole nitrogens is 1. The fraction of sp³-hybridized carbons (Fsp3) is 0.448. The van der Waals surface area contributed by atoms with Crippen LogP contribution in [0.2, 0.25) is 0 Å². The zero-order valence-electron chi connectivity index (χ0n) is 23.6. The molecule has 2 N–H and O–H groups in total. The fourth-order valence-electron chi connectivity index (χ4n) is 5.47. The van der Waals surface area contributed by atoms with Crippen molar-refractivity contribution in [2.24, 2.45) is 0 Å². The summed E-state index contributed by atoms with van der Waals surface area (Å²) in [6.07, 6.45) is 1.18. The lowest BCUT2D eigenvalue weighted by atomic mass is 10.1. The van der Waals surface area contributed by atoms with E-state index < -0.39 is 18.0 Å². The summed E-state index contributed by atoms with van der Waals surface area (Å²) in [5.74, 6) is -1.71. The van der Waals surface area contributed by atoms with E-state index in [2.05, 4.69) is 42.7 Å². The van der Waals surface area contributed by atoms with Gasteiger partial charge in [0.2, 0.25) is 5.82 Å². The maximum atomic E-state index is 13.1. The number of nitrogens with one attached hydrogen (secondary N) is 1. The van der Waals surface area contributed by atoms with Crippen molar-refractivity contribution in [1.29, 1.82) is 0 Å². The van der Waals surface area contributed by atoms with Crippen LogP contribution in [-0.2, 0) is 15.7 Å². The summed E-state index contributed by atoms with van der Waals surface area (Å²) in [6.45, 7) is 6.08. The molecule has 10 nitrogen and oxygen atoms in total. The van der Waals surface area contributed by atoms with Crippen molar-refractivity contribution < 1.29 is 32.2 Å². The molecule has 0 bridgehead atoms. The van der Waals surface area contributed by atoms with Crippen LogP contribution in [-0.4, -0.2) is 63.9 Å². The predicted octanol–water partition coefficient (Wildman–Crippen LogP) is 5.98. The summed E-state index contributed by atoms with van der Waals surface area (Å²) in [5.41, 5.74) is 1.79. The van der Waals surface area contributed by atoms with Crippen molar-refractivity contribution in [3.05, 3.63) is 57.2 Å². The average Bonchev–Trinajstić information content (AvgIpc) is 3.35. The van der Waals surface area contributed by atoms with E-state index in [1.807, 2.05) is 11.0 Å². The number of ether oxygens (including phenoxy) is 1. The standard InChI is InChI=1S/C15H12F3N3O.C12H15BrN2O2.C2H4O2/c16-15(17,18)14-19-11-9-5-1-2-6-10(9)22-12(11)13(20-14)21-7-3-4-8-21;1-8-12(2-3-12)17-5-4-15(8)10-6-9(13)7-14-11(10)16;1-2(3)4/h1-2,5-6H,3-4,7-8H2;6-8H,2-5H2,1H3,(H,14,16);1H3,(H,3,4)/t;8-;/m.0./s1. The number of hydrogen-bond acceptors (Lipinski definition) is 8. The highest BCUT2D eigenvalue weighted by Crippen LogP contribution is 2.47. The second-order valence-electron chi connectivity index (χ2n) is 10.7. The number of benzene rings is 1. The van der Waals surface area contributed by atoms with Gasteiger partial charge in [-0.25, -0.2) is 9.97 Å². The van der Waals surface area contributed by atoms with Crippen LogP contribution in [0.4, 0.5) is 24.7 Å². The second kappa shape index (κ2) is 12.2. The molecule has 1 saturated carbocycles. The highest BCUT2D eigenvalue weighted by atomic mass is 79.9. The molecule has 4 aromatic rings. The number of carboxylic acid groups (broad SMARTS) is 1. The number of pyridine rings is 1. The van der Waals surface area contributed by atoms with Crippen molar-refractivity contribution >= 4 is 55.5 Å². The van der Waals surface area contributed by atoms with Gasteiger partial charge in [-0.2, -0.15) is 13.2 Å². The van der Waals surface area contributed by atoms with Gasteiger partial charge in [0.25, 0.3) is 11.5 Å². The van der Waals surface area contributed by atoms with Crippen molar-refractivity contribution in [3.8, 4) is 0 Å². The van der Waals surface area contributed by atoms with Crippen LogP contribution < -0.4 is 15.4 Å². The Morgan fingerprint density at radius 2 is 1.84 bits per heavy atom. The first-order chi connectivity index (χ1) is 20.4. The number of carboxylic acids is 1. The Kier molecular flexibility index (Phi) is 8.70. The SMILES string of the molecule is CC(=O)O.C[C@@H]1N(c2cc(Br)c[nH]c2=O)CCOC12CC2.FC(F)(F)c1nc(N2CCCC2)c2oc3ccccc3c2n1. The molecule has 1 aliphatic carbocycles. The van der Waals surface area contributed by atoms with Gasteiger partial charge >= 0.3 is 6.18 Å². The molecule has 230 valence electrons. The summed E-state index contributed by atoms with van der Waals surface area (Å²) >= 11 is 3.40. The number of furan rings is 1. The summed E-state index contributed by atoms with van der Waals surface area (Å²) in [6, 6.07) is 9.11. The number of hydrogen-bond donors (Lipinski definition) is 2. The Morgan fingerprint density at radius 3 is 2.49 bits per heavy atom. The number of para-hydroxylation sites is 1. The van der Waals surface area contributed by atoms with Crippen molar-refractivity contribution in [2.75, 3.05) is 36.0 Å². The monoisotopic (exact) mass is 665 g/mol. The normalized spacial score (nSPS) is 19.2. The minimum absolute atomic E-state index is 0.00695. The molecule has 0 unspecified atom stereocenters. The molecule has 3 fully saturated rings. The molecule has 3 aliphatic rings. The molecule has 7 rings (SSSR count). The van der Waals surface area contributed by atoms with Crippen molar-refractivity contribution in [1.82, 2.24) is 15.0 Å². The number of nitrogens with zero attached hydrogens (tertiary/aromatic N) is 4. The Morgan fingerprint density at radius 1 is 1.16 bits per heavy atom. The topological polar surface area (TPSA) is 125 Å². The summed E-state index contributed by atoms with van der Waals surface area (Å²) in [7, 11) is 0. The number of carbonyl (C=O) groups is 1. The Balaban J connectivity index is 0.000000157. The Hall–Kier alpha value is -3.65. The molecule has 2 saturated heterocycles. The number of fused-ring (bicyclic) bond motifs is 3. The lowest BCUT2D eigenvalue weighted by Gasteiger charge is -2.40. The van der Waals surface area contributed by atoms with E-state index in [0.717, 1.165) is 49.3 Å². The van der Waals surface area contributed by atoms with E-state index in [1.165, 1.54) is 0 Å². The number of morpholine rings is 1.